The molecule has 0 aliphatic heterocycles. The molecule has 4 nitrogen and oxygen atoms in total. The summed E-state index contributed by atoms with van der Waals surface area (Å²) in [5, 5.41) is 2.84. The van der Waals surface area contributed by atoms with Crippen LogP contribution in [0.15, 0.2) is 48.5 Å². The van der Waals surface area contributed by atoms with E-state index in [1.165, 1.54) is 6.26 Å². The van der Waals surface area contributed by atoms with E-state index in [1.807, 2.05) is 31.2 Å². The number of anilines is 1. The van der Waals surface area contributed by atoms with Gasteiger partial charge in [0.2, 0.25) is 0 Å². The van der Waals surface area contributed by atoms with Gasteiger partial charge in [0.15, 0.2) is 9.84 Å². The first kappa shape index (κ1) is 15.3. The highest BCUT2D eigenvalue weighted by Gasteiger charge is 2.09. The number of aryl methyl sites for hydroxylation is 1. The van der Waals surface area contributed by atoms with E-state index in [2.05, 4.69) is 5.32 Å². The molecule has 0 fully saturated rings. The third kappa shape index (κ3) is 4.43. The fourth-order valence-electron chi connectivity index (χ4n) is 1.96. The van der Waals surface area contributed by atoms with Gasteiger partial charge in [-0.05, 0) is 36.2 Å². The van der Waals surface area contributed by atoms with Crippen LogP contribution in [0, 0.1) is 6.92 Å². The Balaban J connectivity index is 2.12. The van der Waals surface area contributed by atoms with Gasteiger partial charge in [0.05, 0.1) is 5.75 Å². The topological polar surface area (TPSA) is 63.2 Å². The lowest BCUT2D eigenvalue weighted by atomic mass is 10.1. The largest absolute Gasteiger partial charge is 0.322 e. The first-order valence-corrected chi connectivity index (χ1v) is 8.55. The van der Waals surface area contributed by atoms with Gasteiger partial charge in [-0.1, -0.05) is 30.3 Å². The van der Waals surface area contributed by atoms with Gasteiger partial charge in [-0.25, -0.2) is 8.42 Å². The van der Waals surface area contributed by atoms with Crippen molar-refractivity contribution in [1.82, 2.24) is 0 Å². The summed E-state index contributed by atoms with van der Waals surface area (Å²) in [5.41, 5.74) is 2.92. The lowest BCUT2D eigenvalue weighted by molar-refractivity contribution is 0.102. The second-order valence-corrected chi connectivity index (χ2v) is 7.18. The minimum atomic E-state index is -3.06. The number of sulfone groups is 1. The minimum absolute atomic E-state index is 0.0211. The highest BCUT2D eigenvalue weighted by Crippen LogP contribution is 2.15. The van der Waals surface area contributed by atoms with Gasteiger partial charge >= 0.3 is 0 Å². The number of hydrogen-bond donors (Lipinski definition) is 1. The lowest BCUT2D eigenvalue weighted by Crippen LogP contribution is -2.12. The second-order valence-electron chi connectivity index (χ2n) is 5.04. The number of carbonyl (C=O) groups excluding carboxylic acids is 1. The van der Waals surface area contributed by atoms with E-state index >= 15 is 0 Å². The van der Waals surface area contributed by atoms with Crippen LogP contribution in [0.3, 0.4) is 0 Å². The highest BCUT2D eigenvalue weighted by molar-refractivity contribution is 7.89. The zero-order valence-electron chi connectivity index (χ0n) is 12.0. The van der Waals surface area contributed by atoms with Gasteiger partial charge in [-0.3, -0.25) is 4.79 Å². The van der Waals surface area contributed by atoms with E-state index in [9.17, 15) is 13.2 Å². The normalized spacial score (nSPS) is 11.1. The molecule has 2 aromatic rings. The molecule has 2 aromatic carbocycles. The van der Waals surface area contributed by atoms with Crippen molar-refractivity contribution in [3.05, 3.63) is 65.2 Å². The summed E-state index contributed by atoms with van der Waals surface area (Å²) in [6.45, 7) is 1.92. The van der Waals surface area contributed by atoms with E-state index in [4.69, 9.17) is 0 Å². The predicted molar refractivity (Wildman–Crippen MR) is 84.1 cm³/mol. The molecule has 0 saturated heterocycles. The maximum absolute atomic E-state index is 12.1. The molecule has 0 aromatic heterocycles. The van der Waals surface area contributed by atoms with E-state index in [1.54, 1.807) is 24.3 Å². The molecule has 0 saturated carbocycles. The van der Waals surface area contributed by atoms with Gasteiger partial charge in [-0.15, -0.1) is 0 Å². The molecule has 110 valence electrons. The monoisotopic (exact) mass is 303 g/mol. The summed E-state index contributed by atoms with van der Waals surface area (Å²) in [4.78, 5) is 12.1. The molecule has 0 atom stereocenters. The van der Waals surface area contributed by atoms with E-state index in [0.717, 1.165) is 11.3 Å². The fraction of sp³-hybridized carbons (Fsp3) is 0.188. The van der Waals surface area contributed by atoms with E-state index in [-0.39, 0.29) is 11.7 Å². The van der Waals surface area contributed by atoms with Crippen LogP contribution in [-0.2, 0) is 15.6 Å². The van der Waals surface area contributed by atoms with Crippen molar-refractivity contribution in [2.75, 3.05) is 11.6 Å². The number of hydrogen-bond acceptors (Lipinski definition) is 3. The van der Waals surface area contributed by atoms with Crippen molar-refractivity contribution in [2.24, 2.45) is 0 Å². The molecule has 1 N–H and O–H groups in total. The maximum Gasteiger partial charge on any atom is 0.255 e. The molecule has 0 spiro atoms. The van der Waals surface area contributed by atoms with Crippen LogP contribution in [0.1, 0.15) is 21.5 Å². The molecule has 1 amide bonds. The van der Waals surface area contributed by atoms with Crippen LogP contribution in [0.2, 0.25) is 0 Å². The van der Waals surface area contributed by atoms with Crippen LogP contribution in [0.25, 0.3) is 0 Å². The van der Waals surface area contributed by atoms with Crippen molar-refractivity contribution in [2.45, 2.75) is 12.7 Å². The van der Waals surface area contributed by atoms with Gasteiger partial charge in [-0.2, -0.15) is 0 Å². The molecule has 0 heterocycles. The number of para-hydroxylation sites is 1. The standard InChI is InChI=1S/C16H17NO3S/c1-12-5-3-4-6-15(12)17-16(18)14-9-7-13(8-10-14)11-21(2,19)20/h3-10H,11H2,1-2H3,(H,17,18). The molecule has 0 radical (unpaired) electrons. The van der Waals surface area contributed by atoms with Crippen molar-refractivity contribution >= 4 is 21.4 Å². The number of nitrogens with one attached hydrogen (secondary N) is 1. The summed E-state index contributed by atoms with van der Waals surface area (Å²) >= 11 is 0. The summed E-state index contributed by atoms with van der Waals surface area (Å²) in [5.74, 6) is -0.234. The lowest BCUT2D eigenvalue weighted by Gasteiger charge is -2.08. The smallest absolute Gasteiger partial charge is 0.255 e. The molecule has 2 rings (SSSR count). The molecular weight excluding hydrogens is 286 g/mol. The Kier molecular flexibility index (Phi) is 4.43. The Morgan fingerprint density at radius 1 is 1.05 bits per heavy atom. The van der Waals surface area contributed by atoms with Gasteiger partial charge in [0, 0.05) is 17.5 Å². The average molecular weight is 303 g/mol. The Hall–Kier alpha value is -2.14. The number of benzene rings is 2. The maximum atomic E-state index is 12.1. The highest BCUT2D eigenvalue weighted by atomic mass is 32.2. The number of rotatable bonds is 4. The van der Waals surface area contributed by atoms with Crippen LogP contribution < -0.4 is 5.32 Å². The molecule has 0 unspecified atom stereocenters. The zero-order chi connectivity index (χ0) is 15.5. The summed E-state index contributed by atoms with van der Waals surface area (Å²) in [6.07, 6.45) is 1.19. The Morgan fingerprint density at radius 2 is 1.67 bits per heavy atom. The SMILES string of the molecule is Cc1ccccc1NC(=O)c1ccc(CS(C)(=O)=O)cc1. The molecule has 21 heavy (non-hydrogen) atoms. The summed E-state index contributed by atoms with van der Waals surface area (Å²) < 4.78 is 22.4. The van der Waals surface area contributed by atoms with Gasteiger partial charge in [0.25, 0.3) is 5.91 Å². The van der Waals surface area contributed by atoms with E-state index < -0.39 is 9.84 Å². The van der Waals surface area contributed by atoms with Crippen LogP contribution in [-0.4, -0.2) is 20.6 Å². The summed E-state index contributed by atoms with van der Waals surface area (Å²) in [6, 6.07) is 14.1. The summed E-state index contributed by atoms with van der Waals surface area (Å²) in [7, 11) is -3.06. The quantitative estimate of drug-likeness (QED) is 0.944. The molecule has 0 aliphatic rings. The molecule has 0 aliphatic carbocycles. The van der Waals surface area contributed by atoms with Crippen molar-refractivity contribution in [3.63, 3.8) is 0 Å². The molecule has 5 heteroatoms. The molecular formula is C16H17NO3S. The predicted octanol–water partition coefficient (Wildman–Crippen LogP) is 2.79. The fourth-order valence-corrected chi connectivity index (χ4v) is 2.76. The molecule has 0 bridgehead atoms. The third-order valence-corrected chi connectivity index (χ3v) is 3.90. The Bertz CT molecular complexity index is 749. The Labute approximate surface area is 124 Å². The van der Waals surface area contributed by atoms with E-state index in [0.29, 0.717) is 11.1 Å². The average Bonchev–Trinajstić information content (AvgIpc) is 2.40. The van der Waals surface area contributed by atoms with Crippen LogP contribution in [0.5, 0.6) is 0 Å². The van der Waals surface area contributed by atoms with Crippen molar-refractivity contribution in [1.29, 1.82) is 0 Å². The first-order valence-electron chi connectivity index (χ1n) is 6.49. The third-order valence-electron chi connectivity index (χ3n) is 3.04. The first-order chi connectivity index (χ1) is 9.85. The van der Waals surface area contributed by atoms with Crippen molar-refractivity contribution < 1.29 is 13.2 Å². The van der Waals surface area contributed by atoms with Crippen LogP contribution >= 0.6 is 0 Å². The van der Waals surface area contributed by atoms with Gasteiger partial charge < -0.3 is 5.32 Å². The second kappa shape index (κ2) is 6.10. The Morgan fingerprint density at radius 3 is 2.24 bits per heavy atom. The number of amides is 1. The van der Waals surface area contributed by atoms with Crippen molar-refractivity contribution in [3.8, 4) is 0 Å². The zero-order valence-corrected chi connectivity index (χ0v) is 12.8. The minimum Gasteiger partial charge on any atom is -0.322 e. The van der Waals surface area contributed by atoms with Crippen LogP contribution in [0.4, 0.5) is 5.69 Å². The number of carbonyl (C=O) groups is 1. The van der Waals surface area contributed by atoms with Gasteiger partial charge in [0.1, 0.15) is 0 Å².